The first kappa shape index (κ1) is 16.2. The molecule has 2 aromatic carbocycles. The van der Waals surface area contributed by atoms with Crippen molar-refractivity contribution in [1.29, 1.82) is 0 Å². The first-order valence-corrected chi connectivity index (χ1v) is 7.76. The van der Waals surface area contributed by atoms with Crippen LogP contribution in [0.4, 0.5) is 0 Å². The van der Waals surface area contributed by atoms with Crippen LogP contribution in [0.5, 0.6) is 0 Å². The summed E-state index contributed by atoms with van der Waals surface area (Å²) in [7, 11) is 0. The van der Waals surface area contributed by atoms with Crippen LogP contribution in [0.2, 0.25) is 0 Å². The molecular formula is C20H22O2. The first-order valence-electron chi connectivity index (χ1n) is 7.76. The number of ketones is 2. The van der Waals surface area contributed by atoms with Crippen molar-refractivity contribution in [2.24, 2.45) is 0 Å². The number of hydrogen-bond acceptors (Lipinski definition) is 2. The van der Waals surface area contributed by atoms with E-state index in [1.54, 1.807) is 13.8 Å². The molecule has 0 aromatic heterocycles. The van der Waals surface area contributed by atoms with Gasteiger partial charge >= 0.3 is 0 Å². The number of rotatable bonds is 5. The van der Waals surface area contributed by atoms with Crippen molar-refractivity contribution in [2.75, 3.05) is 0 Å². The summed E-state index contributed by atoms with van der Waals surface area (Å²) in [6.07, 6.45) is 1.66. The van der Waals surface area contributed by atoms with Crippen LogP contribution in [-0.2, 0) is 12.8 Å². The second kappa shape index (κ2) is 6.69. The molecule has 0 spiro atoms. The molecule has 0 atom stereocenters. The van der Waals surface area contributed by atoms with Gasteiger partial charge in [0.1, 0.15) is 0 Å². The lowest BCUT2D eigenvalue weighted by atomic mass is 9.93. The average Bonchev–Trinajstić information content (AvgIpc) is 2.53. The molecule has 0 saturated heterocycles. The standard InChI is InChI=1S/C20H22O2/c1-5-15-11-17(7-9-19(15)13(3)21)18-8-10-20(14(4)22)16(6-2)12-18/h7-12H,5-6H2,1-4H3. The molecule has 2 heteroatoms. The highest BCUT2D eigenvalue weighted by atomic mass is 16.1. The maximum absolute atomic E-state index is 11.7. The van der Waals surface area contributed by atoms with Crippen LogP contribution in [0, 0.1) is 0 Å². The molecule has 0 N–H and O–H groups in total. The van der Waals surface area contributed by atoms with Crippen molar-refractivity contribution < 1.29 is 9.59 Å². The zero-order valence-corrected chi connectivity index (χ0v) is 13.7. The first-order chi connectivity index (χ1) is 10.5. The van der Waals surface area contributed by atoms with E-state index < -0.39 is 0 Å². The highest BCUT2D eigenvalue weighted by Gasteiger charge is 2.10. The monoisotopic (exact) mass is 294 g/mol. The summed E-state index contributed by atoms with van der Waals surface area (Å²) in [5.74, 6) is 0.203. The van der Waals surface area contributed by atoms with Crippen LogP contribution >= 0.6 is 0 Å². The molecule has 2 nitrogen and oxygen atoms in total. The van der Waals surface area contributed by atoms with Gasteiger partial charge in [-0.25, -0.2) is 0 Å². The van der Waals surface area contributed by atoms with E-state index in [2.05, 4.69) is 26.0 Å². The molecule has 0 aliphatic carbocycles. The summed E-state index contributed by atoms with van der Waals surface area (Å²) in [5, 5.41) is 0. The minimum atomic E-state index is 0.101. The number of carbonyl (C=O) groups excluding carboxylic acids is 2. The Balaban J connectivity index is 2.52. The third-order valence-electron chi connectivity index (χ3n) is 4.06. The van der Waals surface area contributed by atoms with Crippen molar-refractivity contribution in [3.63, 3.8) is 0 Å². The van der Waals surface area contributed by atoms with E-state index in [0.717, 1.165) is 46.2 Å². The van der Waals surface area contributed by atoms with Crippen LogP contribution in [0.1, 0.15) is 59.5 Å². The summed E-state index contributed by atoms with van der Waals surface area (Å²) in [6.45, 7) is 7.32. The molecule has 0 saturated carbocycles. The number of aryl methyl sites for hydroxylation is 2. The molecule has 114 valence electrons. The van der Waals surface area contributed by atoms with Gasteiger partial charge in [-0.15, -0.1) is 0 Å². The number of carbonyl (C=O) groups is 2. The largest absolute Gasteiger partial charge is 0.295 e. The zero-order chi connectivity index (χ0) is 16.3. The van der Waals surface area contributed by atoms with Crippen LogP contribution in [0.3, 0.4) is 0 Å². The smallest absolute Gasteiger partial charge is 0.160 e. The van der Waals surface area contributed by atoms with Gasteiger partial charge in [0.25, 0.3) is 0 Å². The van der Waals surface area contributed by atoms with E-state index >= 15 is 0 Å². The van der Waals surface area contributed by atoms with Crippen LogP contribution in [0.25, 0.3) is 11.1 Å². The molecule has 0 radical (unpaired) electrons. The van der Waals surface area contributed by atoms with Crippen molar-refractivity contribution >= 4 is 11.6 Å². The number of hydrogen-bond donors (Lipinski definition) is 0. The second-order valence-electron chi connectivity index (χ2n) is 5.56. The van der Waals surface area contributed by atoms with E-state index in [9.17, 15) is 9.59 Å². The molecule has 0 bridgehead atoms. The van der Waals surface area contributed by atoms with Gasteiger partial charge in [0.05, 0.1) is 0 Å². The van der Waals surface area contributed by atoms with E-state index in [1.165, 1.54) is 0 Å². The second-order valence-corrected chi connectivity index (χ2v) is 5.56. The Morgan fingerprint density at radius 3 is 1.36 bits per heavy atom. The quantitative estimate of drug-likeness (QED) is 0.736. The minimum absolute atomic E-state index is 0.101. The summed E-state index contributed by atoms with van der Waals surface area (Å²) >= 11 is 0. The lowest BCUT2D eigenvalue weighted by Crippen LogP contribution is -2.00. The maximum atomic E-state index is 11.7. The molecule has 0 aliphatic rings. The molecule has 0 unspecified atom stereocenters. The Bertz CT molecular complexity index is 663. The molecule has 0 aliphatic heterocycles. The van der Waals surface area contributed by atoms with E-state index in [1.807, 2.05) is 24.3 Å². The molecule has 22 heavy (non-hydrogen) atoms. The Morgan fingerprint density at radius 1 is 0.727 bits per heavy atom. The van der Waals surface area contributed by atoms with Crippen LogP contribution in [0.15, 0.2) is 36.4 Å². The summed E-state index contributed by atoms with van der Waals surface area (Å²) < 4.78 is 0. The van der Waals surface area contributed by atoms with Crippen molar-refractivity contribution in [3.8, 4) is 11.1 Å². The van der Waals surface area contributed by atoms with Crippen LogP contribution in [-0.4, -0.2) is 11.6 Å². The Kier molecular flexibility index (Phi) is 4.92. The lowest BCUT2D eigenvalue weighted by molar-refractivity contribution is 0.100. The Morgan fingerprint density at radius 2 is 1.09 bits per heavy atom. The van der Waals surface area contributed by atoms with Gasteiger partial charge in [-0.2, -0.15) is 0 Å². The summed E-state index contributed by atoms with van der Waals surface area (Å²) in [6, 6.07) is 11.9. The fraction of sp³-hybridized carbons (Fsp3) is 0.300. The van der Waals surface area contributed by atoms with Gasteiger partial charge in [0.2, 0.25) is 0 Å². The highest BCUT2D eigenvalue weighted by molar-refractivity contribution is 5.97. The SMILES string of the molecule is CCc1cc(-c2ccc(C(C)=O)c(CC)c2)ccc1C(C)=O. The fourth-order valence-corrected chi connectivity index (χ4v) is 2.82. The fourth-order valence-electron chi connectivity index (χ4n) is 2.82. The van der Waals surface area contributed by atoms with E-state index in [0.29, 0.717) is 0 Å². The number of benzene rings is 2. The van der Waals surface area contributed by atoms with Crippen LogP contribution < -0.4 is 0 Å². The normalized spacial score (nSPS) is 10.5. The molecule has 0 fully saturated rings. The van der Waals surface area contributed by atoms with E-state index in [4.69, 9.17) is 0 Å². The van der Waals surface area contributed by atoms with Gasteiger partial charge in [0.15, 0.2) is 11.6 Å². The van der Waals surface area contributed by atoms with Gasteiger partial charge < -0.3 is 0 Å². The van der Waals surface area contributed by atoms with Gasteiger partial charge in [-0.3, -0.25) is 9.59 Å². The summed E-state index contributed by atoms with van der Waals surface area (Å²) in [4.78, 5) is 23.3. The predicted octanol–water partition coefficient (Wildman–Crippen LogP) is 4.88. The van der Waals surface area contributed by atoms with E-state index in [-0.39, 0.29) is 11.6 Å². The minimum Gasteiger partial charge on any atom is -0.295 e. The van der Waals surface area contributed by atoms with Gasteiger partial charge in [0, 0.05) is 11.1 Å². The van der Waals surface area contributed by atoms with Crippen molar-refractivity contribution in [3.05, 3.63) is 58.7 Å². The molecular weight excluding hydrogens is 272 g/mol. The summed E-state index contributed by atoms with van der Waals surface area (Å²) in [5.41, 5.74) is 5.90. The molecule has 0 amide bonds. The molecule has 2 aromatic rings. The van der Waals surface area contributed by atoms with Gasteiger partial charge in [-0.05, 0) is 48.9 Å². The Hall–Kier alpha value is -2.22. The highest BCUT2D eigenvalue weighted by Crippen LogP contribution is 2.26. The maximum Gasteiger partial charge on any atom is 0.160 e. The third kappa shape index (κ3) is 3.16. The molecule has 2 rings (SSSR count). The van der Waals surface area contributed by atoms with Crippen molar-refractivity contribution in [1.82, 2.24) is 0 Å². The zero-order valence-electron chi connectivity index (χ0n) is 13.7. The predicted molar refractivity (Wildman–Crippen MR) is 90.6 cm³/mol. The average molecular weight is 294 g/mol. The molecule has 0 heterocycles. The topological polar surface area (TPSA) is 34.1 Å². The Labute approximate surface area is 132 Å². The lowest BCUT2D eigenvalue weighted by Gasteiger charge is -2.11. The number of Topliss-reactive ketones (excluding diaryl/α,β-unsaturated/α-hetero) is 2. The van der Waals surface area contributed by atoms with Crippen molar-refractivity contribution in [2.45, 2.75) is 40.5 Å². The van der Waals surface area contributed by atoms with Gasteiger partial charge in [-0.1, -0.05) is 50.2 Å². The third-order valence-corrected chi connectivity index (χ3v) is 4.06.